The number of fused-ring (bicyclic) bond motifs is 1. The molecule has 2 rings (SSSR count). The van der Waals surface area contributed by atoms with E-state index in [4.69, 9.17) is 5.11 Å². The molecule has 0 radical (unpaired) electrons. The van der Waals surface area contributed by atoms with Crippen LogP contribution in [0, 0.1) is 0 Å². The van der Waals surface area contributed by atoms with Crippen molar-refractivity contribution >= 4 is 11.2 Å². The van der Waals surface area contributed by atoms with Gasteiger partial charge in [0.1, 0.15) is 5.82 Å². The third kappa shape index (κ3) is 1.72. The van der Waals surface area contributed by atoms with Crippen LogP contribution in [0.1, 0.15) is 25.7 Å². The minimum absolute atomic E-state index is 0.121. The van der Waals surface area contributed by atoms with Gasteiger partial charge in [-0.25, -0.2) is 9.97 Å². The molecule has 0 aromatic carbocycles. The molecule has 0 spiro atoms. The average Bonchev–Trinajstić information content (AvgIpc) is 2.56. The van der Waals surface area contributed by atoms with E-state index in [9.17, 15) is 0 Å². The summed E-state index contributed by atoms with van der Waals surface area (Å²) in [5, 5.41) is 8.98. The highest BCUT2D eigenvalue weighted by Gasteiger charge is 2.12. The summed E-state index contributed by atoms with van der Waals surface area (Å²) in [7, 11) is 0. The second-order valence-electron chi connectivity index (χ2n) is 3.81. The molecular weight excluding hydrogens is 190 g/mol. The van der Waals surface area contributed by atoms with Crippen LogP contribution in [-0.2, 0) is 6.42 Å². The number of hydrogen-bond donors (Lipinski definition) is 1. The maximum atomic E-state index is 8.98. The number of hydrogen-bond acceptors (Lipinski definition) is 3. The van der Waals surface area contributed by atoms with Crippen molar-refractivity contribution in [1.82, 2.24) is 14.5 Å². The van der Waals surface area contributed by atoms with Gasteiger partial charge >= 0.3 is 0 Å². The molecule has 1 N–H and O–H groups in total. The normalized spacial score (nSPS) is 11.5. The predicted octanol–water partition coefficient (Wildman–Crippen LogP) is 1.55. The van der Waals surface area contributed by atoms with Gasteiger partial charge in [0.15, 0.2) is 5.65 Å². The first-order valence-electron chi connectivity index (χ1n) is 5.16. The third-order valence-electron chi connectivity index (χ3n) is 2.39. The lowest BCUT2D eigenvalue weighted by molar-refractivity contribution is 0.294. The Bertz CT molecular complexity index is 462. The minimum atomic E-state index is 0.121. The van der Waals surface area contributed by atoms with E-state index in [0.717, 1.165) is 17.0 Å². The second kappa shape index (κ2) is 3.98. The second-order valence-corrected chi connectivity index (χ2v) is 3.81. The van der Waals surface area contributed by atoms with Crippen molar-refractivity contribution in [2.45, 2.75) is 26.3 Å². The number of rotatable bonds is 3. The van der Waals surface area contributed by atoms with Crippen LogP contribution in [-0.4, -0.2) is 26.2 Å². The summed E-state index contributed by atoms with van der Waals surface area (Å²) in [6.07, 6.45) is 2.32. The SMILES string of the molecule is CC(C)n1c(CCO)nc2ncccc21. The lowest BCUT2D eigenvalue weighted by Crippen LogP contribution is -2.07. The predicted molar refractivity (Wildman–Crippen MR) is 58.7 cm³/mol. The van der Waals surface area contributed by atoms with Crippen LogP contribution in [0.5, 0.6) is 0 Å². The van der Waals surface area contributed by atoms with Crippen molar-refractivity contribution in [3.8, 4) is 0 Å². The highest BCUT2D eigenvalue weighted by atomic mass is 16.3. The van der Waals surface area contributed by atoms with Crippen LogP contribution < -0.4 is 0 Å². The molecule has 0 saturated carbocycles. The summed E-state index contributed by atoms with van der Waals surface area (Å²) >= 11 is 0. The Morgan fingerprint density at radius 3 is 2.93 bits per heavy atom. The van der Waals surface area contributed by atoms with Gasteiger partial charge in [0.25, 0.3) is 0 Å². The summed E-state index contributed by atoms with van der Waals surface area (Å²) in [6.45, 7) is 4.33. The van der Waals surface area contributed by atoms with Gasteiger partial charge in [-0.15, -0.1) is 0 Å². The molecule has 0 saturated heterocycles. The van der Waals surface area contributed by atoms with Gasteiger partial charge in [-0.1, -0.05) is 0 Å². The van der Waals surface area contributed by atoms with Crippen LogP contribution in [0.3, 0.4) is 0 Å². The van der Waals surface area contributed by atoms with Gasteiger partial charge < -0.3 is 9.67 Å². The molecule has 4 nitrogen and oxygen atoms in total. The standard InChI is InChI=1S/C11H15N3O/c1-8(2)14-9-4-3-6-12-11(9)13-10(14)5-7-15/h3-4,6,8,15H,5,7H2,1-2H3. The molecule has 2 aromatic rings. The van der Waals surface area contributed by atoms with Crippen molar-refractivity contribution in [2.24, 2.45) is 0 Å². The average molecular weight is 205 g/mol. The molecule has 2 heterocycles. The third-order valence-corrected chi connectivity index (χ3v) is 2.39. The Morgan fingerprint density at radius 1 is 1.47 bits per heavy atom. The lowest BCUT2D eigenvalue weighted by Gasteiger charge is -2.11. The molecule has 0 aliphatic rings. The Balaban J connectivity index is 2.63. The Labute approximate surface area is 88.6 Å². The van der Waals surface area contributed by atoms with Crippen LogP contribution in [0.25, 0.3) is 11.2 Å². The van der Waals surface area contributed by atoms with Gasteiger partial charge in [-0.3, -0.25) is 0 Å². The molecule has 0 bridgehead atoms. The first-order valence-corrected chi connectivity index (χ1v) is 5.16. The number of aromatic nitrogens is 3. The molecular formula is C11H15N3O. The number of pyridine rings is 1. The lowest BCUT2D eigenvalue weighted by atomic mass is 10.3. The zero-order valence-corrected chi connectivity index (χ0v) is 9.01. The summed E-state index contributed by atoms with van der Waals surface area (Å²) < 4.78 is 2.12. The molecule has 4 heteroatoms. The summed E-state index contributed by atoms with van der Waals surface area (Å²) in [6, 6.07) is 4.25. The Morgan fingerprint density at radius 2 is 2.27 bits per heavy atom. The van der Waals surface area contributed by atoms with E-state index in [1.807, 2.05) is 12.1 Å². The largest absolute Gasteiger partial charge is 0.396 e. The fourth-order valence-electron chi connectivity index (χ4n) is 1.83. The molecule has 2 aromatic heterocycles. The Hall–Kier alpha value is -1.42. The van der Waals surface area contributed by atoms with E-state index in [0.29, 0.717) is 12.5 Å². The molecule has 0 aliphatic carbocycles. The van der Waals surface area contributed by atoms with E-state index < -0.39 is 0 Å². The Kier molecular flexibility index (Phi) is 2.68. The molecule has 0 aliphatic heterocycles. The molecule has 15 heavy (non-hydrogen) atoms. The van der Waals surface area contributed by atoms with Crippen LogP contribution in [0.15, 0.2) is 18.3 Å². The summed E-state index contributed by atoms with van der Waals surface area (Å²) in [5.74, 6) is 0.904. The monoisotopic (exact) mass is 205 g/mol. The number of imidazole rings is 1. The minimum Gasteiger partial charge on any atom is -0.396 e. The molecule has 0 amide bonds. The first-order chi connectivity index (χ1) is 7.24. The number of aliphatic hydroxyl groups excluding tert-OH is 1. The van der Waals surface area contributed by atoms with E-state index in [-0.39, 0.29) is 6.61 Å². The van der Waals surface area contributed by atoms with Crippen molar-refractivity contribution in [3.05, 3.63) is 24.2 Å². The molecule has 0 unspecified atom stereocenters. The van der Waals surface area contributed by atoms with Crippen LogP contribution in [0.2, 0.25) is 0 Å². The molecule has 0 fully saturated rings. The fourth-order valence-corrected chi connectivity index (χ4v) is 1.83. The zero-order valence-electron chi connectivity index (χ0n) is 9.01. The van der Waals surface area contributed by atoms with Gasteiger partial charge in [0.05, 0.1) is 12.1 Å². The van der Waals surface area contributed by atoms with Crippen molar-refractivity contribution < 1.29 is 5.11 Å². The first kappa shape index (κ1) is 10.1. The van der Waals surface area contributed by atoms with Crippen molar-refractivity contribution in [2.75, 3.05) is 6.61 Å². The van der Waals surface area contributed by atoms with E-state index in [1.165, 1.54) is 0 Å². The van der Waals surface area contributed by atoms with E-state index >= 15 is 0 Å². The topological polar surface area (TPSA) is 50.9 Å². The quantitative estimate of drug-likeness (QED) is 0.827. The highest BCUT2D eigenvalue weighted by Crippen LogP contribution is 2.19. The highest BCUT2D eigenvalue weighted by molar-refractivity contribution is 5.71. The van der Waals surface area contributed by atoms with Crippen molar-refractivity contribution in [3.63, 3.8) is 0 Å². The number of nitrogens with zero attached hydrogens (tertiary/aromatic N) is 3. The summed E-state index contributed by atoms with van der Waals surface area (Å²) in [5.41, 5.74) is 1.80. The van der Waals surface area contributed by atoms with E-state index in [2.05, 4.69) is 28.4 Å². The van der Waals surface area contributed by atoms with Crippen molar-refractivity contribution in [1.29, 1.82) is 0 Å². The smallest absolute Gasteiger partial charge is 0.177 e. The maximum absolute atomic E-state index is 8.98. The molecule has 0 atom stereocenters. The van der Waals surface area contributed by atoms with Gasteiger partial charge in [-0.05, 0) is 26.0 Å². The maximum Gasteiger partial charge on any atom is 0.177 e. The van der Waals surface area contributed by atoms with Crippen LogP contribution >= 0.6 is 0 Å². The molecule has 80 valence electrons. The zero-order chi connectivity index (χ0) is 10.8. The fraction of sp³-hybridized carbons (Fsp3) is 0.455. The summed E-state index contributed by atoms with van der Waals surface area (Å²) in [4.78, 5) is 8.63. The van der Waals surface area contributed by atoms with E-state index in [1.54, 1.807) is 6.20 Å². The van der Waals surface area contributed by atoms with Gasteiger partial charge in [0.2, 0.25) is 0 Å². The van der Waals surface area contributed by atoms with Gasteiger partial charge in [-0.2, -0.15) is 0 Å². The number of aliphatic hydroxyl groups is 1. The van der Waals surface area contributed by atoms with Gasteiger partial charge in [0, 0.05) is 18.7 Å². The van der Waals surface area contributed by atoms with Crippen LogP contribution in [0.4, 0.5) is 0 Å².